The van der Waals surface area contributed by atoms with Crippen molar-refractivity contribution >= 4 is 37.8 Å². The molecule has 0 N–H and O–H groups in total. The van der Waals surface area contributed by atoms with Gasteiger partial charge < -0.3 is 18.9 Å². The third-order valence-corrected chi connectivity index (χ3v) is 5.36. The molecule has 1 aromatic carbocycles. The van der Waals surface area contributed by atoms with E-state index in [2.05, 4.69) is 31.9 Å². The predicted octanol–water partition coefficient (Wildman–Crippen LogP) is 3.08. The number of carbonyl (C=O) groups is 1. The van der Waals surface area contributed by atoms with E-state index in [4.69, 9.17) is 18.9 Å². The van der Waals surface area contributed by atoms with Crippen molar-refractivity contribution in [1.29, 1.82) is 0 Å². The van der Waals surface area contributed by atoms with Crippen LogP contribution in [-0.2, 0) is 9.53 Å². The van der Waals surface area contributed by atoms with Crippen LogP contribution in [0.2, 0.25) is 0 Å². The normalized spacial score (nSPS) is 13.3. The zero-order valence-corrected chi connectivity index (χ0v) is 14.8. The lowest BCUT2D eigenvalue weighted by atomic mass is 10.1. The summed E-state index contributed by atoms with van der Waals surface area (Å²) in [4.78, 5) is 10.7. The number of ether oxygens (including phenoxy) is 4. The zero-order chi connectivity index (χ0) is 15.3. The fraction of sp³-hybridized carbons (Fsp3) is 0.462. The second-order valence-corrected chi connectivity index (χ2v) is 5.76. The van der Waals surface area contributed by atoms with Gasteiger partial charge in [-0.2, -0.15) is 0 Å². The number of rotatable bonds is 6. The highest BCUT2D eigenvalue weighted by molar-refractivity contribution is 9.12. The van der Waals surface area contributed by atoms with E-state index in [0.717, 1.165) is 5.56 Å². The molecule has 7 heteroatoms. The minimum absolute atomic E-state index is 0.302. The Labute approximate surface area is 134 Å². The number of hydrogen-bond acceptors (Lipinski definition) is 5. The molecule has 20 heavy (non-hydrogen) atoms. The summed E-state index contributed by atoms with van der Waals surface area (Å²) in [5.41, 5.74) is 0.798. The van der Waals surface area contributed by atoms with Crippen molar-refractivity contribution in [3.8, 4) is 17.2 Å². The molecule has 1 aromatic rings. The quantitative estimate of drug-likeness (QED) is 0.531. The first-order chi connectivity index (χ1) is 9.49. The average Bonchev–Trinajstić information content (AvgIpc) is 2.50. The second kappa shape index (κ2) is 7.73. The van der Waals surface area contributed by atoms with Gasteiger partial charge in [-0.3, -0.25) is 4.79 Å². The van der Waals surface area contributed by atoms with E-state index in [-0.39, 0.29) is 10.8 Å². The molecular formula is C13H16Br2O5. The predicted molar refractivity (Wildman–Crippen MR) is 82.5 cm³/mol. The van der Waals surface area contributed by atoms with Gasteiger partial charge in [0.2, 0.25) is 5.75 Å². The maximum atomic E-state index is 11.6. The van der Waals surface area contributed by atoms with Crippen LogP contribution in [0, 0.1) is 0 Å². The van der Waals surface area contributed by atoms with E-state index in [1.807, 2.05) is 0 Å². The van der Waals surface area contributed by atoms with Crippen LogP contribution in [0.25, 0.3) is 0 Å². The third-order valence-electron chi connectivity index (χ3n) is 2.69. The fourth-order valence-electron chi connectivity index (χ4n) is 1.66. The van der Waals surface area contributed by atoms with Crippen molar-refractivity contribution in [2.24, 2.45) is 0 Å². The number of alkyl halides is 2. The third kappa shape index (κ3) is 3.58. The molecule has 0 aromatic heterocycles. The molecule has 0 fully saturated rings. The maximum absolute atomic E-state index is 11.6. The van der Waals surface area contributed by atoms with Crippen molar-refractivity contribution in [2.75, 3.05) is 28.4 Å². The van der Waals surface area contributed by atoms with E-state index in [9.17, 15) is 4.79 Å². The lowest BCUT2D eigenvalue weighted by Crippen LogP contribution is -2.20. The summed E-state index contributed by atoms with van der Waals surface area (Å²) in [5, 5.41) is 0. The van der Waals surface area contributed by atoms with Crippen LogP contribution >= 0.6 is 31.9 Å². The van der Waals surface area contributed by atoms with Crippen LogP contribution in [0.5, 0.6) is 17.2 Å². The summed E-state index contributed by atoms with van der Waals surface area (Å²) in [6, 6.07) is 3.55. The van der Waals surface area contributed by atoms with Gasteiger partial charge in [0.15, 0.2) is 11.5 Å². The first kappa shape index (κ1) is 17.1. The largest absolute Gasteiger partial charge is 0.493 e. The number of esters is 1. The summed E-state index contributed by atoms with van der Waals surface area (Å²) in [6.45, 7) is 0. The van der Waals surface area contributed by atoms with E-state index >= 15 is 0 Å². The Morgan fingerprint density at radius 1 is 1.00 bits per heavy atom. The van der Waals surface area contributed by atoms with Gasteiger partial charge in [0.1, 0.15) is 4.83 Å². The molecular weight excluding hydrogens is 396 g/mol. The van der Waals surface area contributed by atoms with Crippen LogP contribution < -0.4 is 14.2 Å². The molecule has 0 heterocycles. The first-order valence-electron chi connectivity index (χ1n) is 5.66. The molecule has 0 saturated carbocycles. The summed E-state index contributed by atoms with van der Waals surface area (Å²) in [6.07, 6.45) is 0. The average molecular weight is 412 g/mol. The zero-order valence-electron chi connectivity index (χ0n) is 11.6. The summed E-state index contributed by atoms with van der Waals surface area (Å²) >= 11 is 6.77. The Morgan fingerprint density at radius 2 is 1.50 bits per heavy atom. The van der Waals surface area contributed by atoms with Crippen molar-refractivity contribution < 1.29 is 23.7 Å². The Hall–Kier alpha value is -0.950. The van der Waals surface area contributed by atoms with Gasteiger partial charge in [-0.05, 0) is 17.7 Å². The Kier molecular flexibility index (Phi) is 6.61. The highest BCUT2D eigenvalue weighted by Gasteiger charge is 2.28. The number of methoxy groups -OCH3 is 4. The molecule has 0 amide bonds. The van der Waals surface area contributed by atoms with Gasteiger partial charge >= 0.3 is 5.97 Å². The Balaban J connectivity index is 3.22. The lowest BCUT2D eigenvalue weighted by molar-refractivity contribution is -0.139. The minimum Gasteiger partial charge on any atom is -0.493 e. The molecule has 1 rings (SSSR count). The summed E-state index contributed by atoms with van der Waals surface area (Å²) < 4.78 is 20.5. The minimum atomic E-state index is -0.532. The molecule has 0 aliphatic carbocycles. The topological polar surface area (TPSA) is 54.0 Å². The van der Waals surface area contributed by atoms with Crippen LogP contribution in [-0.4, -0.2) is 39.2 Å². The number of carbonyl (C=O) groups excluding carboxylic acids is 1. The SMILES string of the molecule is COC(=O)[C@H](Br)[C@@H](Br)c1cc(OC)c(OC)c(OC)c1. The van der Waals surface area contributed by atoms with Crippen molar-refractivity contribution in [2.45, 2.75) is 9.65 Å². The van der Waals surface area contributed by atoms with Gasteiger partial charge in [0.05, 0.1) is 33.3 Å². The molecule has 0 bridgehead atoms. The highest BCUT2D eigenvalue weighted by Crippen LogP contribution is 2.43. The fourth-order valence-corrected chi connectivity index (χ4v) is 2.63. The van der Waals surface area contributed by atoms with Gasteiger partial charge in [0, 0.05) is 0 Å². The molecule has 0 radical (unpaired) electrons. The maximum Gasteiger partial charge on any atom is 0.320 e. The second-order valence-electron chi connectivity index (χ2n) is 3.79. The Bertz CT molecular complexity index is 453. The van der Waals surface area contributed by atoms with Crippen molar-refractivity contribution in [3.63, 3.8) is 0 Å². The molecule has 0 aliphatic rings. The van der Waals surface area contributed by atoms with E-state index in [1.54, 1.807) is 12.1 Å². The monoisotopic (exact) mass is 410 g/mol. The highest BCUT2D eigenvalue weighted by atomic mass is 79.9. The number of hydrogen-bond donors (Lipinski definition) is 0. The standard InChI is InChI=1S/C13H16Br2O5/c1-17-8-5-7(6-9(18-2)12(8)19-3)10(14)11(15)13(16)20-4/h5-6,10-11H,1-4H3/t10-,11+/m0/s1. The molecule has 2 atom stereocenters. The molecule has 5 nitrogen and oxygen atoms in total. The number of benzene rings is 1. The van der Waals surface area contributed by atoms with Crippen molar-refractivity contribution in [3.05, 3.63) is 17.7 Å². The smallest absolute Gasteiger partial charge is 0.320 e. The summed E-state index contributed by atoms with van der Waals surface area (Å²) in [5.74, 6) is 1.18. The van der Waals surface area contributed by atoms with Gasteiger partial charge in [-0.1, -0.05) is 31.9 Å². The van der Waals surface area contributed by atoms with E-state index < -0.39 is 4.83 Å². The molecule has 0 unspecified atom stereocenters. The Morgan fingerprint density at radius 3 is 1.85 bits per heavy atom. The first-order valence-corrected chi connectivity index (χ1v) is 7.49. The van der Waals surface area contributed by atoms with Crippen LogP contribution in [0.4, 0.5) is 0 Å². The van der Waals surface area contributed by atoms with Gasteiger partial charge in [0.25, 0.3) is 0 Å². The summed E-state index contributed by atoms with van der Waals surface area (Å²) in [7, 11) is 5.95. The van der Waals surface area contributed by atoms with Crippen LogP contribution in [0.1, 0.15) is 10.4 Å². The molecule has 112 valence electrons. The number of halogens is 2. The molecule has 0 aliphatic heterocycles. The van der Waals surface area contributed by atoms with Crippen molar-refractivity contribution in [1.82, 2.24) is 0 Å². The van der Waals surface area contributed by atoms with Gasteiger partial charge in [-0.25, -0.2) is 0 Å². The molecule has 0 spiro atoms. The van der Waals surface area contributed by atoms with E-state index in [1.165, 1.54) is 28.4 Å². The van der Waals surface area contributed by atoms with E-state index in [0.29, 0.717) is 17.2 Å². The molecule has 0 saturated heterocycles. The van der Waals surface area contributed by atoms with Crippen LogP contribution in [0.3, 0.4) is 0 Å². The van der Waals surface area contributed by atoms with Crippen LogP contribution in [0.15, 0.2) is 12.1 Å². The van der Waals surface area contributed by atoms with Gasteiger partial charge in [-0.15, -0.1) is 0 Å². The lowest BCUT2D eigenvalue weighted by Gasteiger charge is -2.19.